The Labute approximate surface area is 178 Å². The summed E-state index contributed by atoms with van der Waals surface area (Å²) in [7, 11) is 0. The van der Waals surface area contributed by atoms with Crippen molar-refractivity contribution in [1.82, 2.24) is 30.1 Å². The fraction of sp³-hybridized carbons (Fsp3) is 0.381. The number of carbonyl (C=O) groups is 2. The van der Waals surface area contributed by atoms with Gasteiger partial charge < -0.3 is 15.2 Å². The van der Waals surface area contributed by atoms with Crippen LogP contribution in [-0.4, -0.2) is 44.4 Å². The molecule has 162 valence electrons. The van der Waals surface area contributed by atoms with Crippen LogP contribution in [0.1, 0.15) is 35.6 Å². The highest BCUT2D eigenvalue weighted by Gasteiger charge is 2.17. The van der Waals surface area contributed by atoms with E-state index in [1.54, 1.807) is 4.57 Å². The summed E-state index contributed by atoms with van der Waals surface area (Å²) in [5.74, 6) is 0.505. The molecule has 3 aromatic rings. The maximum Gasteiger partial charge on any atom is 0.345 e. The molecule has 0 bridgehead atoms. The van der Waals surface area contributed by atoms with E-state index in [-0.39, 0.29) is 23.8 Å². The summed E-state index contributed by atoms with van der Waals surface area (Å²) >= 11 is 0. The maximum atomic E-state index is 12.3. The largest absolute Gasteiger partial charge is 0.355 e. The predicted octanol–water partition coefficient (Wildman–Crippen LogP) is 0.972. The summed E-state index contributed by atoms with van der Waals surface area (Å²) in [5.41, 5.74) is 0.829. The number of hydrogen-bond acceptors (Lipinski definition) is 6. The second-order valence-corrected chi connectivity index (χ2v) is 7.36. The van der Waals surface area contributed by atoms with Crippen LogP contribution in [0.5, 0.6) is 0 Å². The SMILES string of the molecule is O=C(CNC(=O)c1cc(-c2ccccc2)on1)NCCCn1nc2n(c1=O)CCCC2. The van der Waals surface area contributed by atoms with Crippen molar-refractivity contribution in [2.24, 2.45) is 0 Å². The third-order valence-electron chi connectivity index (χ3n) is 5.11. The molecule has 31 heavy (non-hydrogen) atoms. The van der Waals surface area contributed by atoms with E-state index < -0.39 is 5.91 Å². The van der Waals surface area contributed by atoms with Crippen molar-refractivity contribution in [1.29, 1.82) is 0 Å². The number of nitrogens with one attached hydrogen (secondary N) is 2. The average Bonchev–Trinajstić information content (AvgIpc) is 3.41. The van der Waals surface area contributed by atoms with E-state index in [0.717, 1.165) is 37.2 Å². The van der Waals surface area contributed by atoms with Gasteiger partial charge in [-0.1, -0.05) is 35.5 Å². The molecule has 0 saturated carbocycles. The molecule has 10 nitrogen and oxygen atoms in total. The molecule has 1 aliphatic rings. The van der Waals surface area contributed by atoms with Gasteiger partial charge in [0.25, 0.3) is 5.91 Å². The number of aromatic nitrogens is 4. The van der Waals surface area contributed by atoms with Gasteiger partial charge in [-0.25, -0.2) is 9.48 Å². The number of aryl methyl sites for hydroxylation is 2. The quantitative estimate of drug-likeness (QED) is 0.520. The molecule has 0 spiro atoms. The molecular formula is C21H24N6O4. The Morgan fingerprint density at radius 1 is 1.13 bits per heavy atom. The van der Waals surface area contributed by atoms with E-state index in [2.05, 4.69) is 20.9 Å². The molecule has 2 amide bonds. The molecule has 0 unspecified atom stereocenters. The molecule has 0 radical (unpaired) electrons. The van der Waals surface area contributed by atoms with Gasteiger partial charge in [0.2, 0.25) is 5.91 Å². The standard InChI is InChI=1S/C21H24N6O4/c28-19(22-10-6-12-27-21(30)26-11-5-4-9-18(26)24-27)14-23-20(29)16-13-17(31-25-16)15-7-2-1-3-8-15/h1-3,7-8,13H,4-6,9-12,14H2,(H,22,28)(H,23,29). The van der Waals surface area contributed by atoms with Crippen LogP contribution in [0.4, 0.5) is 0 Å². The number of amides is 2. The third kappa shape index (κ3) is 4.90. The van der Waals surface area contributed by atoms with E-state index in [1.807, 2.05) is 30.3 Å². The van der Waals surface area contributed by atoms with Gasteiger partial charge in [-0.2, -0.15) is 5.10 Å². The van der Waals surface area contributed by atoms with E-state index in [1.165, 1.54) is 10.7 Å². The normalized spacial score (nSPS) is 12.9. The lowest BCUT2D eigenvalue weighted by Crippen LogP contribution is -2.37. The number of hydrogen-bond donors (Lipinski definition) is 2. The number of fused-ring (bicyclic) bond motifs is 1. The lowest BCUT2D eigenvalue weighted by atomic mass is 10.1. The zero-order valence-corrected chi connectivity index (χ0v) is 17.0. The van der Waals surface area contributed by atoms with Crippen molar-refractivity contribution in [3.05, 3.63) is 58.4 Å². The smallest absolute Gasteiger partial charge is 0.345 e. The van der Waals surface area contributed by atoms with Gasteiger partial charge in [0, 0.05) is 37.7 Å². The fourth-order valence-corrected chi connectivity index (χ4v) is 3.49. The van der Waals surface area contributed by atoms with Crippen LogP contribution >= 0.6 is 0 Å². The second-order valence-electron chi connectivity index (χ2n) is 7.36. The molecule has 1 aliphatic heterocycles. The second kappa shape index (κ2) is 9.41. The summed E-state index contributed by atoms with van der Waals surface area (Å²) in [5, 5.41) is 13.4. The minimum absolute atomic E-state index is 0.0872. The summed E-state index contributed by atoms with van der Waals surface area (Å²) in [6.45, 7) is 1.37. The third-order valence-corrected chi connectivity index (χ3v) is 5.11. The average molecular weight is 424 g/mol. The van der Waals surface area contributed by atoms with Crippen LogP contribution < -0.4 is 16.3 Å². The molecule has 10 heteroatoms. The zero-order chi connectivity index (χ0) is 21.6. The first-order valence-electron chi connectivity index (χ1n) is 10.4. The van der Waals surface area contributed by atoms with Gasteiger partial charge >= 0.3 is 5.69 Å². The summed E-state index contributed by atoms with van der Waals surface area (Å²) in [6, 6.07) is 10.8. The zero-order valence-electron chi connectivity index (χ0n) is 17.0. The molecule has 0 saturated heterocycles. The van der Waals surface area contributed by atoms with E-state index >= 15 is 0 Å². The molecule has 2 N–H and O–H groups in total. The van der Waals surface area contributed by atoms with Gasteiger partial charge in [-0.05, 0) is 19.3 Å². The van der Waals surface area contributed by atoms with Crippen molar-refractivity contribution in [3.8, 4) is 11.3 Å². The van der Waals surface area contributed by atoms with E-state index in [4.69, 9.17) is 4.52 Å². The van der Waals surface area contributed by atoms with Crippen molar-refractivity contribution in [2.45, 2.75) is 38.8 Å². The summed E-state index contributed by atoms with van der Waals surface area (Å²) < 4.78 is 8.38. The monoisotopic (exact) mass is 424 g/mol. The highest BCUT2D eigenvalue weighted by molar-refractivity contribution is 5.95. The van der Waals surface area contributed by atoms with Gasteiger partial charge in [0.05, 0.1) is 6.54 Å². The Kier molecular flexibility index (Phi) is 6.25. The molecule has 4 rings (SSSR count). The molecule has 0 atom stereocenters. The number of nitrogens with zero attached hydrogens (tertiary/aromatic N) is 4. The number of carbonyl (C=O) groups excluding carboxylic acids is 2. The van der Waals surface area contributed by atoms with Crippen LogP contribution in [0.3, 0.4) is 0 Å². The summed E-state index contributed by atoms with van der Waals surface area (Å²) in [6.07, 6.45) is 3.46. The Morgan fingerprint density at radius 3 is 2.77 bits per heavy atom. The molecule has 0 aliphatic carbocycles. The van der Waals surface area contributed by atoms with Gasteiger partial charge in [0.1, 0.15) is 5.82 Å². The highest BCUT2D eigenvalue weighted by Crippen LogP contribution is 2.19. The van der Waals surface area contributed by atoms with Crippen LogP contribution in [-0.2, 0) is 24.3 Å². The minimum Gasteiger partial charge on any atom is -0.355 e. The van der Waals surface area contributed by atoms with Crippen LogP contribution in [0.25, 0.3) is 11.3 Å². The van der Waals surface area contributed by atoms with Crippen LogP contribution in [0, 0.1) is 0 Å². The minimum atomic E-state index is -0.490. The topological polar surface area (TPSA) is 124 Å². The Morgan fingerprint density at radius 2 is 1.97 bits per heavy atom. The molecule has 2 aromatic heterocycles. The number of benzene rings is 1. The van der Waals surface area contributed by atoms with Crippen LogP contribution in [0.2, 0.25) is 0 Å². The molecule has 1 aromatic carbocycles. The van der Waals surface area contributed by atoms with Crippen molar-refractivity contribution < 1.29 is 14.1 Å². The van der Waals surface area contributed by atoms with Gasteiger partial charge in [-0.3, -0.25) is 14.2 Å². The van der Waals surface area contributed by atoms with E-state index in [9.17, 15) is 14.4 Å². The maximum absolute atomic E-state index is 12.3. The van der Waals surface area contributed by atoms with Crippen molar-refractivity contribution in [2.75, 3.05) is 13.1 Å². The van der Waals surface area contributed by atoms with Crippen LogP contribution in [0.15, 0.2) is 45.7 Å². The lowest BCUT2D eigenvalue weighted by Gasteiger charge is -2.09. The van der Waals surface area contributed by atoms with E-state index in [0.29, 0.717) is 25.3 Å². The number of rotatable bonds is 8. The summed E-state index contributed by atoms with van der Waals surface area (Å²) in [4.78, 5) is 36.4. The Bertz CT molecular complexity index is 1110. The van der Waals surface area contributed by atoms with Gasteiger partial charge in [0.15, 0.2) is 11.5 Å². The van der Waals surface area contributed by atoms with Crippen molar-refractivity contribution >= 4 is 11.8 Å². The first kappa shape index (κ1) is 20.6. The van der Waals surface area contributed by atoms with Gasteiger partial charge in [-0.15, -0.1) is 0 Å². The lowest BCUT2D eigenvalue weighted by molar-refractivity contribution is -0.120. The Balaban J connectivity index is 1.19. The Hall–Kier alpha value is -3.69. The highest BCUT2D eigenvalue weighted by atomic mass is 16.5. The molecular weight excluding hydrogens is 400 g/mol. The molecule has 0 fully saturated rings. The first-order chi connectivity index (χ1) is 15.1. The fourth-order valence-electron chi connectivity index (χ4n) is 3.49. The predicted molar refractivity (Wildman–Crippen MR) is 111 cm³/mol. The molecule has 3 heterocycles. The first-order valence-corrected chi connectivity index (χ1v) is 10.4. The van der Waals surface area contributed by atoms with Crippen molar-refractivity contribution in [3.63, 3.8) is 0 Å².